The van der Waals surface area contributed by atoms with E-state index in [1.165, 1.54) is 23.8 Å². The summed E-state index contributed by atoms with van der Waals surface area (Å²) in [5, 5.41) is 0.603. The molecule has 0 saturated heterocycles. The van der Waals surface area contributed by atoms with Gasteiger partial charge in [-0.1, -0.05) is 44.5 Å². The Bertz CT molecular complexity index is 1280. The van der Waals surface area contributed by atoms with Crippen LogP contribution in [0.4, 0.5) is 26.3 Å². The molecule has 0 fully saturated rings. The Hall–Kier alpha value is -3.43. The van der Waals surface area contributed by atoms with Crippen LogP contribution in [0.2, 0.25) is 0 Å². The Balaban J connectivity index is 1.73. The van der Waals surface area contributed by atoms with Crippen molar-refractivity contribution in [3.8, 4) is 17.1 Å². The lowest BCUT2D eigenvalue weighted by Crippen LogP contribution is -2.58. The minimum Gasteiger partial charge on any atom is -0.487 e. The second-order valence-electron chi connectivity index (χ2n) is 9.00. The first-order chi connectivity index (χ1) is 17.8. The number of ether oxygens (including phenoxy) is 2. The van der Waals surface area contributed by atoms with Crippen molar-refractivity contribution in [2.24, 2.45) is 0 Å². The predicted molar refractivity (Wildman–Crippen MR) is 131 cm³/mol. The van der Waals surface area contributed by atoms with Crippen LogP contribution in [0.5, 0.6) is 5.75 Å². The Kier molecular flexibility index (Phi) is 8.84. The van der Waals surface area contributed by atoms with Gasteiger partial charge in [-0.2, -0.15) is 26.3 Å². The normalized spacial score (nSPS) is 12.5. The molecule has 1 aromatic heterocycles. The zero-order valence-corrected chi connectivity index (χ0v) is 21.0. The molecular formula is C28H28F6O4. The van der Waals surface area contributed by atoms with Crippen molar-refractivity contribution in [1.82, 2.24) is 0 Å². The van der Waals surface area contributed by atoms with Crippen molar-refractivity contribution in [2.45, 2.75) is 57.3 Å². The topological polar surface area (TPSA) is 48.7 Å². The lowest BCUT2D eigenvalue weighted by molar-refractivity contribution is -0.322. The molecule has 10 heteroatoms. The number of fused-ring (bicyclic) bond motifs is 1. The van der Waals surface area contributed by atoms with Gasteiger partial charge in [-0.05, 0) is 49.1 Å². The molecule has 0 atom stereocenters. The second-order valence-corrected chi connectivity index (χ2v) is 9.00. The highest BCUT2D eigenvalue weighted by Gasteiger charge is 2.72. The summed E-state index contributed by atoms with van der Waals surface area (Å²) in [5.41, 5.74) is 3.25. The maximum Gasteiger partial charge on any atom is 0.378 e. The predicted octanol–water partition coefficient (Wildman–Crippen LogP) is 8.15. The number of halogens is 6. The van der Waals surface area contributed by atoms with Crippen LogP contribution >= 0.6 is 0 Å². The van der Waals surface area contributed by atoms with Crippen molar-refractivity contribution in [2.75, 3.05) is 13.2 Å². The highest BCUT2D eigenvalue weighted by molar-refractivity contribution is 5.84. The smallest absolute Gasteiger partial charge is 0.378 e. The summed E-state index contributed by atoms with van der Waals surface area (Å²) >= 11 is 0. The first-order valence-corrected chi connectivity index (χ1v) is 12.0. The molecule has 0 aliphatic carbocycles. The molecule has 0 aliphatic heterocycles. The molecule has 0 amide bonds. The minimum atomic E-state index is -5.87. The van der Waals surface area contributed by atoms with E-state index < -0.39 is 37.0 Å². The fraction of sp³-hybridized carbons (Fsp3) is 0.393. The van der Waals surface area contributed by atoms with Crippen molar-refractivity contribution in [1.29, 1.82) is 0 Å². The maximum atomic E-state index is 14.2. The number of benzene rings is 2. The first kappa shape index (κ1) is 29.1. The molecule has 206 valence electrons. The zero-order chi connectivity index (χ0) is 28.1. The van der Waals surface area contributed by atoms with E-state index in [0.717, 1.165) is 36.8 Å². The SMILES string of the molecule is C=CC(=O)OCC(F)(F)C(F)(F)C(F)(F)COc1ccc2cc(-c3ccc(CCCCC)cc3C)oc2c1. The Morgan fingerprint density at radius 3 is 2.34 bits per heavy atom. The van der Waals surface area contributed by atoms with Crippen LogP contribution < -0.4 is 4.74 Å². The van der Waals surface area contributed by atoms with E-state index in [9.17, 15) is 31.1 Å². The zero-order valence-electron chi connectivity index (χ0n) is 21.0. The van der Waals surface area contributed by atoms with Gasteiger partial charge in [0.1, 0.15) is 17.1 Å². The van der Waals surface area contributed by atoms with Crippen LogP contribution in [0.3, 0.4) is 0 Å². The molecule has 38 heavy (non-hydrogen) atoms. The molecule has 2 aromatic carbocycles. The lowest BCUT2D eigenvalue weighted by atomic mass is 10.00. The van der Waals surface area contributed by atoms with Crippen LogP contribution in [0.1, 0.15) is 37.3 Å². The molecule has 3 aromatic rings. The third-order valence-corrected chi connectivity index (χ3v) is 6.02. The molecule has 0 N–H and O–H groups in total. The Morgan fingerprint density at radius 1 is 0.974 bits per heavy atom. The van der Waals surface area contributed by atoms with Gasteiger partial charge in [0.05, 0.1) is 0 Å². The number of rotatable bonds is 13. The number of alkyl halides is 6. The number of hydrogen-bond donors (Lipinski definition) is 0. The molecule has 0 unspecified atom stereocenters. The van der Waals surface area contributed by atoms with Crippen LogP contribution in [0, 0.1) is 6.92 Å². The standard InChI is InChI=1S/C28H28F6O4/c1-4-6-7-8-19-9-12-22(18(3)13-19)24-14-20-10-11-21(15-23(20)38-24)36-16-26(29,30)28(33,34)27(31,32)17-37-25(35)5-2/h5,9-15H,2,4,6-8,16-17H2,1,3H3. The summed E-state index contributed by atoms with van der Waals surface area (Å²) in [6.45, 7) is 2.69. The summed E-state index contributed by atoms with van der Waals surface area (Å²) in [6.07, 6.45) is 4.77. The summed E-state index contributed by atoms with van der Waals surface area (Å²) < 4.78 is 98.4. The number of esters is 1. The van der Waals surface area contributed by atoms with E-state index in [1.54, 1.807) is 6.07 Å². The Labute approximate surface area is 216 Å². The van der Waals surface area contributed by atoms with Gasteiger partial charge in [-0.15, -0.1) is 0 Å². The molecule has 0 radical (unpaired) electrons. The number of hydrogen-bond acceptors (Lipinski definition) is 4. The first-order valence-electron chi connectivity index (χ1n) is 12.0. The van der Waals surface area contributed by atoms with Crippen LogP contribution in [0.15, 0.2) is 59.5 Å². The van der Waals surface area contributed by atoms with E-state index in [0.29, 0.717) is 17.2 Å². The largest absolute Gasteiger partial charge is 0.487 e. The molecule has 3 rings (SSSR count). The lowest BCUT2D eigenvalue weighted by Gasteiger charge is -2.32. The van der Waals surface area contributed by atoms with E-state index in [1.807, 2.05) is 19.1 Å². The average molecular weight is 543 g/mol. The van der Waals surface area contributed by atoms with Gasteiger partial charge >= 0.3 is 23.7 Å². The minimum absolute atomic E-state index is 0.237. The quantitative estimate of drug-likeness (QED) is 0.0947. The van der Waals surface area contributed by atoms with E-state index in [2.05, 4.69) is 24.3 Å². The van der Waals surface area contributed by atoms with Gasteiger partial charge in [0.15, 0.2) is 13.2 Å². The number of carbonyl (C=O) groups excluding carboxylic acids is 1. The number of furan rings is 1. The number of unbranched alkanes of at least 4 members (excludes halogenated alkanes) is 2. The average Bonchev–Trinajstić information content (AvgIpc) is 3.29. The van der Waals surface area contributed by atoms with E-state index in [4.69, 9.17) is 9.15 Å². The van der Waals surface area contributed by atoms with E-state index in [-0.39, 0.29) is 11.3 Å². The third-order valence-electron chi connectivity index (χ3n) is 6.02. The highest BCUT2D eigenvalue weighted by atomic mass is 19.3. The monoisotopic (exact) mass is 542 g/mol. The van der Waals surface area contributed by atoms with Gasteiger partial charge in [0, 0.05) is 23.1 Å². The van der Waals surface area contributed by atoms with E-state index >= 15 is 0 Å². The van der Waals surface area contributed by atoms with Gasteiger partial charge < -0.3 is 13.9 Å². The molecule has 0 saturated carbocycles. The van der Waals surface area contributed by atoms with Crippen LogP contribution in [-0.4, -0.2) is 37.0 Å². The molecule has 1 heterocycles. The summed E-state index contributed by atoms with van der Waals surface area (Å²) in [5.74, 6) is -17.7. The maximum absolute atomic E-state index is 14.2. The van der Waals surface area contributed by atoms with Gasteiger partial charge in [0.2, 0.25) is 0 Å². The molecular weight excluding hydrogens is 514 g/mol. The van der Waals surface area contributed by atoms with Gasteiger partial charge in [-0.3, -0.25) is 0 Å². The Morgan fingerprint density at radius 2 is 1.68 bits per heavy atom. The van der Waals surface area contributed by atoms with Crippen LogP contribution in [0.25, 0.3) is 22.3 Å². The van der Waals surface area contributed by atoms with Crippen molar-refractivity contribution >= 4 is 16.9 Å². The van der Waals surface area contributed by atoms with Crippen molar-refractivity contribution < 1.29 is 45.0 Å². The fourth-order valence-corrected chi connectivity index (χ4v) is 3.81. The summed E-state index contributed by atoms with van der Waals surface area (Å²) in [6, 6.07) is 11.7. The van der Waals surface area contributed by atoms with Gasteiger partial charge in [0.25, 0.3) is 0 Å². The number of aryl methyl sites for hydroxylation is 2. The van der Waals surface area contributed by atoms with Crippen molar-refractivity contribution in [3.05, 3.63) is 66.2 Å². The summed E-state index contributed by atoms with van der Waals surface area (Å²) in [4.78, 5) is 10.9. The molecule has 0 aliphatic rings. The third kappa shape index (κ3) is 6.34. The fourth-order valence-electron chi connectivity index (χ4n) is 3.81. The van der Waals surface area contributed by atoms with Crippen LogP contribution in [-0.2, 0) is 16.0 Å². The molecule has 4 nitrogen and oxygen atoms in total. The second kappa shape index (κ2) is 11.5. The van der Waals surface area contributed by atoms with Crippen molar-refractivity contribution in [3.63, 3.8) is 0 Å². The molecule has 0 spiro atoms. The number of carbonyl (C=O) groups is 1. The molecule has 0 bridgehead atoms. The summed E-state index contributed by atoms with van der Waals surface area (Å²) in [7, 11) is 0. The van der Waals surface area contributed by atoms with Gasteiger partial charge in [-0.25, -0.2) is 4.79 Å². The highest BCUT2D eigenvalue weighted by Crippen LogP contribution is 2.46.